The van der Waals surface area contributed by atoms with Gasteiger partial charge in [-0.3, -0.25) is 0 Å². The first-order valence-electron chi connectivity index (χ1n) is 13.2. The van der Waals surface area contributed by atoms with E-state index in [1.807, 2.05) is 0 Å². The van der Waals surface area contributed by atoms with Crippen LogP contribution in [0.3, 0.4) is 0 Å². The summed E-state index contributed by atoms with van der Waals surface area (Å²) in [7, 11) is 0. The van der Waals surface area contributed by atoms with Gasteiger partial charge in [0, 0.05) is 12.1 Å². The molecular formula is C27H33O16+. The number of aromatic hydroxyl groups is 5. The first-order valence-corrected chi connectivity index (χ1v) is 13.2. The Kier molecular flexibility index (Phi) is 8.87. The third kappa shape index (κ3) is 5.89. The summed E-state index contributed by atoms with van der Waals surface area (Å²) in [6.07, 6.45) is -16.6. The van der Waals surface area contributed by atoms with Crippen LogP contribution in [-0.4, -0.2) is 136 Å². The van der Waals surface area contributed by atoms with Crippen LogP contribution < -0.4 is 0 Å². The van der Waals surface area contributed by atoms with E-state index in [1.54, 1.807) is 0 Å². The predicted octanol–water partition coefficient (Wildman–Crippen LogP) is -2.51. The number of benzene rings is 2. The maximum absolute atomic E-state index is 11.2. The lowest BCUT2D eigenvalue weighted by molar-refractivity contribution is -0.358. The van der Waals surface area contributed by atoms with E-state index in [2.05, 4.69) is 4.74 Å². The Morgan fingerprint density at radius 1 is 0.698 bits per heavy atom. The predicted molar refractivity (Wildman–Crippen MR) is 139 cm³/mol. The number of phenolic OH excluding ortho intramolecular Hbond substituents is 4. The Balaban J connectivity index is 1.46. The van der Waals surface area contributed by atoms with Crippen LogP contribution in [0, 0.1) is 0 Å². The van der Waals surface area contributed by atoms with Gasteiger partial charge in [0.05, 0.1) is 24.8 Å². The van der Waals surface area contributed by atoms with E-state index >= 15 is 0 Å². The lowest BCUT2D eigenvalue weighted by Gasteiger charge is -2.46. The highest BCUT2D eigenvalue weighted by Gasteiger charge is 2.52. The fraction of sp³-hybridized carbons (Fsp3) is 0.481. The molecule has 43 heavy (non-hydrogen) atoms. The molecule has 1 unspecified atom stereocenters. The second kappa shape index (κ2) is 12.3. The number of hydrogen-bond acceptors (Lipinski definition) is 15. The molecule has 2 aromatic rings. The van der Waals surface area contributed by atoms with Gasteiger partial charge in [0.1, 0.15) is 65.9 Å². The van der Waals surface area contributed by atoms with Crippen LogP contribution in [0.15, 0.2) is 36.1 Å². The number of phenols is 4. The Bertz CT molecular complexity index is 1330. The molecule has 0 saturated carbocycles. The van der Waals surface area contributed by atoms with E-state index in [9.17, 15) is 56.2 Å². The minimum Gasteiger partial charge on any atom is -0.571 e. The number of hydrogen-bond donors (Lipinski definition) is 11. The quantitative estimate of drug-likeness (QED) is 0.114. The summed E-state index contributed by atoms with van der Waals surface area (Å²) in [6.45, 7) is -1.55. The Hall–Kier alpha value is -3.42. The molecule has 2 saturated heterocycles. The van der Waals surface area contributed by atoms with Crippen molar-refractivity contribution in [1.82, 2.24) is 0 Å². The molecule has 0 aromatic heterocycles. The van der Waals surface area contributed by atoms with Crippen molar-refractivity contribution in [3.05, 3.63) is 47.2 Å². The molecule has 12 N–H and O–H groups in total. The van der Waals surface area contributed by atoms with Gasteiger partial charge in [-0.1, -0.05) is 0 Å². The molecule has 236 valence electrons. The molecule has 5 rings (SSSR count). The van der Waals surface area contributed by atoms with Gasteiger partial charge in [-0.25, -0.2) is 0 Å². The van der Waals surface area contributed by atoms with Crippen molar-refractivity contribution in [2.45, 2.75) is 67.5 Å². The highest BCUT2D eigenvalue weighted by atomic mass is 16.7. The lowest BCUT2D eigenvalue weighted by atomic mass is 9.96. The van der Waals surface area contributed by atoms with Gasteiger partial charge in [0.15, 0.2) is 23.5 Å². The van der Waals surface area contributed by atoms with Crippen molar-refractivity contribution in [2.75, 3.05) is 13.2 Å². The number of aliphatic hydroxyl groups excluding tert-OH is 7. The molecule has 0 spiro atoms. The third-order valence-electron chi connectivity index (χ3n) is 7.47. The fourth-order valence-corrected chi connectivity index (χ4v) is 5.11. The monoisotopic (exact) mass is 613 g/mol. The highest BCUT2D eigenvalue weighted by molar-refractivity contribution is 5.69. The number of aliphatic hydroxyl groups is 8. The summed E-state index contributed by atoms with van der Waals surface area (Å²) in [6, 6.07) is 6.13. The minimum absolute atomic E-state index is 0.0812. The van der Waals surface area contributed by atoms with Crippen LogP contribution >= 0.6 is 0 Å². The molecular weight excluding hydrogens is 580 g/mol. The van der Waals surface area contributed by atoms with Gasteiger partial charge in [0.25, 0.3) is 11.9 Å². The van der Waals surface area contributed by atoms with Gasteiger partial charge in [-0.05, 0) is 18.2 Å². The summed E-state index contributed by atoms with van der Waals surface area (Å²) >= 11 is 0. The van der Waals surface area contributed by atoms with E-state index in [1.165, 1.54) is 30.3 Å². The smallest absolute Gasteiger partial charge is 0.270 e. The zero-order valence-electron chi connectivity index (χ0n) is 22.2. The van der Waals surface area contributed by atoms with Gasteiger partial charge < -0.3 is 79.9 Å². The Morgan fingerprint density at radius 2 is 1.37 bits per heavy atom. The standard InChI is InChI=1S/C27H32O16/c28-7-17-19(34)21(36)22(37)26(41-17)43-25-20(35)18(8-29)42-27(23(25)38)40-16-6-11-13(32)4-10(30)5-15(11)39-24(16)9-1-2-12(31)14(33)3-9/h1-6,17-38H,7-8H2/p+1/t17-,18-,19-,20-,21+,22-,23-,24?,25+,26+,27-/m1/s1. The summed E-state index contributed by atoms with van der Waals surface area (Å²) < 4.78 is 27.0. The summed E-state index contributed by atoms with van der Waals surface area (Å²) in [5.74, 6) is -1.50. The van der Waals surface area contributed by atoms with Crippen LogP contribution in [0.4, 0.5) is 0 Å². The average molecular weight is 614 g/mol. The maximum atomic E-state index is 11.2. The van der Waals surface area contributed by atoms with Crippen molar-refractivity contribution in [1.29, 1.82) is 0 Å². The molecule has 2 aromatic carbocycles. The molecule has 16 heteroatoms. The molecule has 0 bridgehead atoms. The van der Waals surface area contributed by atoms with Crippen molar-refractivity contribution < 1.29 is 79.9 Å². The van der Waals surface area contributed by atoms with Crippen molar-refractivity contribution in [2.24, 2.45) is 0 Å². The Labute approximate surface area is 243 Å². The molecule has 16 nitrogen and oxygen atoms in total. The second-order valence-electron chi connectivity index (χ2n) is 10.3. The molecule has 0 aliphatic carbocycles. The zero-order chi connectivity index (χ0) is 31.2. The maximum Gasteiger partial charge on any atom is 0.270 e. The molecule has 11 atom stereocenters. The van der Waals surface area contributed by atoms with Crippen molar-refractivity contribution in [3.63, 3.8) is 0 Å². The normalized spacial score (nSPS) is 35.9. The van der Waals surface area contributed by atoms with Crippen LogP contribution in [0.25, 0.3) is 6.08 Å². The zero-order valence-corrected chi connectivity index (χ0v) is 22.2. The summed E-state index contributed by atoms with van der Waals surface area (Å²) in [4.78, 5) is 0. The van der Waals surface area contributed by atoms with Crippen LogP contribution in [0.1, 0.15) is 17.2 Å². The largest absolute Gasteiger partial charge is 0.571 e. The van der Waals surface area contributed by atoms with E-state index < -0.39 is 92.2 Å². The molecule has 0 amide bonds. The van der Waals surface area contributed by atoms with Crippen molar-refractivity contribution in [3.8, 4) is 28.7 Å². The van der Waals surface area contributed by atoms with Gasteiger partial charge >= 0.3 is 0 Å². The Morgan fingerprint density at radius 3 is 2.05 bits per heavy atom. The SMILES string of the molecule is OC[C@H]1O[C@@H](O[C@@H]2[C@@H](O)[C@H](OC3=Cc4c(O)cc(O)cc4[OH+]C3c3ccc(O)c(O)c3)O[C@H](CO)[C@H]2O)[C@H](O)[C@@H](O)[C@@H]1O. The van der Waals surface area contributed by atoms with Gasteiger partial charge in [-0.2, -0.15) is 0 Å². The lowest BCUT2D eigenvalue weighted by Crippen LogP contribution is -2.64. The first-order chi connectivity index (χ1) is 20.4. The molecule has 2 fully saturated rings. The highest BCUT2D eigenvalue weighted by Crippen LogP contribution is 2.46. The molecule has 3 aliphatic rings. The first kappa shape index (κ1) is 31.0. The molecule has 3 heterocycles. The third-order valence-corrected chi connectivity index (χ3v) is 7.47. The summed E-state index contributed by atoms with van der Waals surface area (Å²) in [5.41, 5.74) is 0.387. The number of ether oxygens (including phenoxy) is 5. The minimum atomic E-state index is -1.87. The van der Waals surface area contributed by atoms with E-state index in [0.29, 0.717) is 0 Å². The van der Waals surface area contributed by atoms with E-state index in [0.717, 1.165) is 6.07 Å². The van der Waals surface area contributed by atoms with Crippen LogP contribution in [0.2, 0.25) is 0 Å². The van der Waals surface area contributed by atoms with Gasteiger partial charge in [-0.15, -0.1) is 0 Å². The van der Waals surface area contributed by atoms with E-state index in [-0.39, 0.29) is 34.1 Å². The summed E-state index contributed by atoms with van der Waals surface area (Å²) in [5, 5.41) is 112. The number of rotatable bonds is 7. The average Bonchev–Trinajstić information content (AvgIpc) is 2.97. The molecule has 0 radical (unpaired) electrons. The fourth-order valence-electron chi connectivity index (χ4n) is 5.11. The van der Waals surface area contributed by atoms with E-state index in [4.69, 9.17) is 18.9 Å². The van der Waals surface area contributed by atoms with Crippen LogP contribution in [0.5, 0.6) is 28.7 Å². The van der Waals surface area contributed by atoms with Gasteiger partial charge in [0.2, 0.25) is 6.29 Å². The van der Waals surface area contributed by atoms with Crippen LogP contribution in [-0.2, 0) is 18.9 Å². The number of fused-ring (bicyclic) bond motifs is 1. The van der Waals surface area contributed by atoms with Crippen molar-refractivity contribution >= 4 is 6.08 Å². The topological polar surface area (TPSA) is 272 Å². The second-order valence-corrected chi connectivity index (χ2v) is 10.3. The molecule has 3 aliphatic heterocycles.